The summed E-state index contributed by atoms with van der Waals surface area (Å²) < 4.78 is 4.53. The van der Waals surface area contributed by atoms with Gasteiger partial charge in [0.05, 0.1) is 19.2 Å². The second-order valence-corrected chi connectivity index (χ2v) is 4.07. The van der Waals surface area contributed by atoms with Gasteiger partial charge in [0.2, 0.25) is 0 Å². The molecule has 88 valence electrons. The fourth-order valence-electron chi connectivity index (χ4n) is 2.12. The molecule has 0 spiro atoms. The van der Waals surface area contributed by atoms with Gasteiger partial charge in [0, 0.05) is 5.69 Å². The Kier molecular flexibility index (Phi) is 3.24. The number of hydrogen-bond donors (Lipinski definition) is 2. The van der Waals surface area contributed by atoms with Gasteiger partial charge in [-0.3, -0.25) is 9.89 Å². The van der Waals surface area contributed by atoms with Crippen LogP contribution in [0.2, 0.25) is 0 Å². The van der Waals surface area contributed by atoms with Crippen molar-refractivity contribution in [3.63, 3.8) is 0 Å². The molecule has 1 aromatic heterocycles. The Labute approximate surface area is 93.8 Å². The van der Waals surface area contributed by atoms with Crippen molar-refractivity contribution in [2.75, 3.05) is 7.11 Å². The second kappa shape index (κ2) is 4.65. The smallest absolute Gasteiger partial charge is 0.308 e. The molecule has 1 aliphatic carbocycles. The van der Waals surface area contributed by atoms with Gasteiger partial charge in [-0.15, -0.1) is 0 Å². The molecule has 0 aromatic carbocycles. The van der Waals surface area contributed by atoms with Crippen LogP contribution >= 0.6 is 0 Å². The molecule has 16 heavy (non-hydrogen) atoms. The third kappa shape index (κ3) is 2.09. The van der Waals surface area contributed by atoms with Gasteiger partial charge in [-0.2, -0.15) is 5.10 Å². The van der Waals surface area contributed by atoms with Gasteiger partial charge in [-0.25, -0.2) is 0 Å². The number of nitrogens with zero attached hydrogens (tertiary/aromatic N) is 1. The van der Waals surface area contributed by atoms with Crippen LogP contribution in [0, 0.1) is 0 Å². The fourth-order valence-corrected chi connectivity index (χ4v) is 2.12. The molecule has 0 saturated heterocycles. The van der Waals surface area contributed by atoms with Crippen LogP contribution in [0.25, 0.3) is 0 Å². The predicted molar refractivity (Wildman–Crippen MR) is 56.8 cm³/mol. The standard InChI is InChI=1S/C11H16N2O3/c1-16-10(15)6-9(14)11-7-4-2-3-5-8(7)12-13-11/h9,14H,2-6H2,1H3,(H,12,13). The first-order valence-corrected chi connectivity index (χ1v) is 5.53. The van der Waals surface area contributed by atoms with E-state index < -0.39 is 12.1 Å². The Morgan fingerprint density at radius 1 is 1.56 bits per heavy atom. The minimum absolute atomic E-state index is 0.0339. The van der Waals surface area contributed by atoms with Crippen molar-refractivity contribution in [1.29, 1.82) is 0 Å². The monoisotopic (exact) mass is 224 g/mol. The van der Waals surface area contributed by atoms with Crippen LogP contribution in [0.15, 0.2) is 0 Å². The number of esters is 1. The molecule has 1 aliphatic rings. The summed E-state index contributed by atoms with van der Waals surface area (Å²) in [6, 6.07) is 0. The Balaban J connectivity index is 2.14. The second-order valence-electron chi connectivity index (χ2n) is 4.07. The molecule has 5 nitrogen and oxygen atoms in total. The zero-order valence-electron chi connectivity index (χ0n) is 9.32. The first-order chi connectivity index (χ1) is 7.72. The number of hydrogen-bond acceptors (Lipinski definition) is 4. The van der Waals surface area contributed by atoms with Crippen molar-refractivity contribution >= 4 is 5.97 Å². The van der Waals surface area contributed by atoms with Crippen molar-refractivity contribution in [2.24, 2.45) is 0 Å². The Morgan fingerprint density at radius 2 is 2.31 bits per heavy atom. The first kappa shape index (κ1) is 11.1. The highest BCUT2D eigenvalue weighted by Crippen LogP contribution is 2.27. The van der Waals surface area contributed by atoms with E-state index >= 15 is 0 Å². The highest BCUT2D eigenvalue weighted by molar-refractivity contribution is 5.70. The highest BCUT2D eigenvalue weighted by atomic mass is 16.5. The maximum atomic E-state index is 11.1. The largest absolute Gasteiger partial charge is 0.469 e. The highest BCUT2D eigenvalue weighted by Gasteiger charge is 2.23. The molecular formula is C11H16N2O3. The lowest BCUT2D eigenvalue weighted by molar-refractivity contribution is -0.142. The molecule has 1 unspecified atom stereocenters. The summed E-state index contributed by atoms with van der Waals surface area (Å²) in [6.07, 6.45) is 3.29. The maximum Gasteiger partial charge on any atom is 0.308 e. The summed E-state index contributed by atoms with van der Waals surface area (Å²) in [4.78, 5) is 11.1. The molecule has 1 atom stereocenters. The van der Waals surface area contributed by atoms with E-state index in [1.165, 1.54) is 7.11 Å². The van der Waals surface area contributed by atoms with Crippen molar-refractivity contribution in [1.82, 2.24) is 10.2 Å². The molecule has 2 N–H and O–H groups in total. The SMILES string of the molecule is COC(=O)CC(O)c1n[nH]c2c1CCCC2. The van der Waals surface area contributed by atoms with E-state index in [0.29, 0.717) is 5.69 Å². The Morgan fingerprint density at radius 3 is 3.06 bits per heavy atom. The quantitative estimate of drug-likeness (QED) is 0.747. The summed E-state index contributed by atoms with van der Waals surface area (Å²) in [5.74, 6) is -0.417. The van der Waals surface area contributed by atoms with Crippen LogP contribution in [0.5, 0.6) is 0 Å². The van der Waals surface area contributed by atoms with Gasteiger partial charge >= 0.3 is 5.97 Å². The van der Waals surface area contributed by atoms with E-state index in [2.05, 4.69) is 14.9 Å². The summed E-state index contributed by atoms with van der Waals surface area (Å²) in [7, 11) is 1.31. The number of methoxy groups -OCH3 is 1. The number of aromatic nitrogens is 2. The summed E-state index contributed by atoms with van der Waals surface area (Å²) in [6.45, 7) is 0. The Bertz CT molecular complexity index is 387. The lowest BCUT2D eigenvalue weighted by Crippen LogP contribution is -2.11. The zero-order valence-corrected chi connectivity index (χ0v) is 9.32. The molecule has 0 aliphatic heterocycles. The van der Waals surface area contributed by atoms with Crippen LogP contribution in [0.1, 0.15) is 42.3 Å². The molecule has 2 rings (SSSR count). The molecule has 5 heteroatoms. The molecule has 1 aromatic rings. The first-order valence-electron chi connectivity index (χ1n) is 5.53. The normalized spacial score (nSPS) is 16.6. The molecule has 1 heterocycles. The Hall–Kier alpha value is -1.36. The zero-order chi connectivity index (χ0) is 11.5. The summed E-state index contributed by atoms with van der Waals surface area (Å²) >= 11 is 0. The molecule has 0 saturated carbocycles. The van der Waals surface area contributed by atoms with Crippen LogP contribution < -0.4 is 0 Å². The van der Waals surface area contributed by atoms with E-state index in [1.807, 2.05) is 0 Å². The minimum atomic E-state index is -0.856. The number of ether oxygens (including phenoxy) is 1. The molecule has 0 bridgehead atoms. The number of aryl methyl sites for hydroxylation is 1. The molecule has 0 radical (unpaired) electrons. The number of H-pyrrole nitrogens is 1. The number of aliphatic hydroxyl groups is 1. The topological polar surface area (TPSA) is 75.2 Å². The van der Waals surface area contributed by atoms with Crippen LogP contribution in [-0.2, 0) is 22.4 Å². The van der Waals surface area contributed by atoms with Gasteiger partial charge in [-0.05, 0) is 31.2 Å². The number of nitrogens with one attached hydrogen (secondary N) is 1. The van der Waals surface area contributed by atoms with Gasteiger partial charge < -0.3 is 9.84 Å². The number of rotatable bonds is 3. The third-order valence-electron chi connectivity index (χ3n) is 2.99. The van der Waals surface area contributed by atoms with Crippen molar-refractivity contribution in [2.45, 2.75) is 38.2 Å². The number of fused-ring (bicyclic) bond motifs is 1. The van der Waals surface area contributed by atoms with Gasteiger partial charge in [0.25, 0.3) is 0 Å². The van der Waals surface area contributed by atoms with Crippen LogP contribution in [0.4, 0.5) is 0 Å². The van der Waals surface area contributed by atoms with Crippen LogP contribution in [0.3, 0.4) is 0 Å². The minimum Gasteiger partial charge on any atom is -0.469 e. The summed E-state index contributed by atoms with van der Waals surface area (Å²) in [5, 5.41) is 16.9. The number of aromatic amines is 1. The van der Waals surface area contributed by atoms with E-state index in [-0.39, 0.29) is 6.42 Å². The van der Waals surface area contributed by atoms with E-state index in [1.54, 1.807) is 0 Å². The van der Waals surface area contributed by atoms with Gasteiger partial charge in [-0.1, -0.05) is 0 Å². The number of carbonyl (C=O) groups excluding carboxylic acids is 1. The average molecular weight is 224 g/mol. The van der Waals surface area contributed by atoms with E-state index in [0.717, 1.165) is 36.9 Å². The van der Waals surface area contributed by atoms with Crippen molar-refractivity contribution in [3.05, 3.63) is 17.0 Å². The average Bonchev–Trinajstić information content (AvgIpc) is 2.72. The van der Waals surface area contributed by atoms with Crippen molar-refractivity contribution < 1.29 is 14.6 Å². The fraction of sp³-hybridized carbons (Fsp3) is 0.636. The molecule has 0 fully saturated rings. The van der Waals surface area contributed by atoms with Crippen LogP contribution in [-0.4, -0.2) is 28.4 Å². The number of aliphatic hydroxyl groups excluding tert-OH is 1. The van der Waals surface area contributed by atoms with E-state index in [4.69, 9.17) is 0 Å². The third-order valence-corrected chi connectivity index (χ3v) is 2.99. The van der Waals surface area contributed by atoms with Crippen molar-refractivity contribution in [3.8, 4) is 0 Å². The van der Waals surface area contributed by atoms with E-state index in [9.17, 15) is 9.90 Å². The summed E-state index contributed by atoms with van der Waals surface area (Å²) in [5.41, 5.74) is 2.80. The number of carbonyl (C=O) groups is 1. The predicted octanol–water partition coefficient (Wildman–Crippen LogP) is 0.885. The lowest BCUT2D eigenvalue weighted by Gasteiger charge is -2.13. The molecule has 0 amide bonds. The maximum absolute atomic E-state index is 11.1. The molecular weight excluding hydrogens is 208 g/mol. The van der Waals surface area contributed by atoms with Gasteiger partial charge in [0.15, 0.2) is 0 Å². The lowest BCUT2D eigenvalue weighted by atomic mass is 9.94. The van der Waals surface area contributed by atoms with Gasteiger partial charge in [0.1, 0.15) is 6.10 Å².